The van der Waals surface area contributed by atoms with Gasteiger partial charge in [-0.25, -0.2) is 0 Å². The molecule has 2 amide bonds. The first-order valence-electron chi connectivity index (χ1n) is 5.82. The number of rotatable bonds is 3. The Morgan fingerprint density at radius 2 is 2.00 bits per heavy atom. The third kappa shape index (κ3) is 2.90. The third-order valence-electron chi connectivity index (χ3n) is 2.97. The van der Waals surface area contributed by atoms with E-state index in [1.165, 1.54) is 9.80 Å². The molecule has 19 heavy (non-hydrogen) atoms. The summed E-state index contributed by atoms with van der Waals surface area (Å²) in [6.45, 7) is 0.0356. The van der Waals surface area contributed by atoms with Crippen molar-refractivity contribution in [1.82, 2.24) is 4.90 Å². The largest absolute Gasteiger partial charge is 0.481 e. The van der Waals surface area contributed by atoms with Gasteiger partial charge in [-0.3, -0.25) is 14.4 Å². The number of carbonyl (C=O) groups excluding carboxylic acids is 2. The lowest BCUT2D eigenvalue weighted by atomic mass is 10.1. The summed E-state index contributed by atoms with van der Waals surface area (Å²) in [5.41, 5.74) is 1.16. The van der Waals surface area contributed by atoms with Gasteiger partial charge in [-0.05, 0) is 17.7 Å². The highest BCUT2D eigenvalue weighted by atomic mass is 16.4. The Kier molecular flexibility index (Phi) is 3.50. The van der Waals surface area contributed by atoms with Crippen LogP contribution in [0.15, 0.2) is 24.3 Å². The van der Waals surface area contributed by atoms with Crippen LogP contribution in [-0.4, -0.2) is 47.9 Å². The molecule has 0 saturated carbocycles. The highest BCUT2D eigenvalue weighted by Crippen LogP contribution is 2.19. The first-order valence-corrected chi connectivity index (χ1v) is 5.82. The van der Waals surface area contributed by atoms with Gasteiger partial charge >= 0.3 is 5.97 Å². The number of hydrogen-bond acceptors (Lipinski definition) is 3. The SMILES string of the molecule is CN1CC(=O)N(c2cccc(CC(=O)O)c2)CC1=O. The number of anilines is 1. The molecule has 0 aromatic heterocycles. The molecule has 1 aliphatic heterocycles. The summed E-state index contributed by atoms with van der Waals surface area (Å²) in [5.74, 6) is -1.24. The average molecular weight is 262 g/mol. The van der Waals surface area contributed by atoms with Gasteiger partial charge < -0.3 is 14.9 Å². The van der Waals surface area contributed by atoms with Gasteiger partial charge in [0.15, 0.2) is 0 Å². The van der Waals surface area contributed by atoms with E-state index in [0.29, 0.717) is 11.3 Å². The predicted molar refractivity (Wildman–Crippen MR) is 67.8 cm³/mol. The van der Waals surface area contributed by atoms with Crippen LogP contribution in [-0.2, 0) is 20.8 Å². The van der Waals surface area contributed by atoms with Crippen LogP contribution in [0.3, 0.4) is 0 Å². The number of likely N-dealkylation sites (N-methyl/N-ethyl adjacent to an activating group) is 1. The number of nitrogens with zero attached hydrogens (tertiary/aromatic N) is 2. The fraction of sp³-hybridized carbons (Fsp3) is 0.308. The Balaban J connectivity index is 2.23. The zero-order valence-electron chi connectivity index (χ0n) is 10.5. The van der Waals surface area contributed by atoms with Crippen molar-refractivity contribution < 1.29 is 19.5 Å². The van der Waals surface area contributed by atoms with E-state index in [-0.39, 0.29) is 31.3 Å². The third-order valence-corrected chi connectivity index (χ3v) is 2.97. The van der Waals surface area contributed by atoms with Crippen molar-refractivity contribution in [3.05, 3.63) is 29.8 Å². The summed E-state index contributed by atoms with van der Waals surface area (Å²) < 4.78 is 0. The van der Waals surface area contributed by atoms with Gasteiger partial charge in [0, 0.05) is 12.7 Å². The van der Waals surface area contributed by atoms with E-state index < -0.39 is 5.97 Å². The zero-order valence-corrected chi connectivity index (χ0v) is 10.5. The molecule has 1 fully saturated rings. The smallest absolute Gasteiger partial charge is 0.307 e. The molecule has 1 N–H and O–H groups in total. The fourth-order valence-corrected chi connectivity index (χ4v) is 1.96. The Morgan fingerprint density at radius 1 is 1.26 bits per heavy atom. The van der Waals surface area contributed by atoms with E-state index in [0.717, 1.165) is 0 Å². The summed E-state index contributed by atoms with van der Waals surface area (Å²) in [6.07, 6.45) is -0.107. The molecular weight excluding hydrogens is 248 g/mol. The number of carboxylic acids is 1. The molecule has 2 rings (SSSR count). The molecule has 100 valence electrons. The Labute approximate surface area is 110 Å². The number of carboxylic acid groups (broad SMARTS) is 1. The maximum absolute atomic E-state index is 11.9. The van der Waals surface area contributed by atoms with Gasteiger partial charge in [0.1, 0.15) is 6.54 Å². The minimum Gasteiger partial charge on any atom is -0.481 e. The normalized spacial score (nSPS) is 15.8. The lowest BCUT2D eigenvalue weighted by Crippen LogP contribution is -2.52. The first-order chi connectivity index (χ1) is 8.97. The van der Waals surface area contributed by atoms with Crippen molar-refractivity contribution in [2.75, 3.05) is 25.0 Å². The highest BCUT2D eigenvalue weighted by Gasteiger charge is 2.28. The predicted octanol–water partition coefficient (Wildman–Crippen LogP) is 0.119. The number of carbonyl (C=O) groups is 3. The number of amides is 2. The van der Waals surface area contributed by atoms with Crippen LogP contribution in [0.4, 0.5) is 5.69 Å². The van der Waals surface area contributed by atoms with Crippen molar-refractivity contribution >= 4 is 23.5 Å². The Hall–Kier alpha value is -2.37. The summed E-state index contributed by atoms with van der Waals surface area (Å²) in [6, 6.07) is 6.69. The molecule has 0 radical (unpaired) electrons. The molecule has 1 heterocycles. The van der Waals surface area contributed by atoms with Crippen LogP contribution in [0.5, 0.6) is 0 Å². The van der Waals surface area contributed by atoms with Gasteiger partial charge in [-0.1, -0.05) is 12.1 Å². The molecule has 6 nitrogen and oxygen atoms in total. The van der Waals surface area contributed by atoms with E-state index in [4.69, 9.17) is 5.11 Å². The van der Waals surface area contributed by atoms with Crippen LogP contribution >= 0.6 is 0 Å². The molecule has 1 aromatic rings. The van der Waals surface area contributed by atoms with Crippen molar-refractivity contribution in [3.63, 3.8) is 0 Å². The molecule has 0 aliphatic carbocycles. The highest BCUT2D eigenvalue weighted by molar-refractivity contribution is 6.04. The first kappa shape index (κ1) is 13.1. The Bertz CT molecular complexity index is 541. The maximum atomic E-state index is 11.9. The monoisotopic (exact) mass is 262 g/mol. The summed E-state index contributed by atoms with van der Waals surface area (Å²) >= 11 is 0. The maximum Gasteiger partial charge on any atom is 0.307 e. The molecule has 0 spiro atoms. The van der Waals surface area contributed by atoms with Crippen LogP contribution in [0.1, 0.15) is 5.56 Å². The minimum atomic E-state index is -0.932. The number of benzene rings is 1. The van der Waals surface area contributed by atoms with Crippen LogP contribution < -0.4 is 4.90 Å². The van der Waals surface area contributed by atoms with Gasteiger partial charge in [0.05, 0.1) is 13.0 Å². The van der Waals surface area contributed by atoms with Crippen LogP contribution in [0.2, 0.25) is 0 Å². The van der Waals surface area contributed by atoms with Crippen molar-refractivity contribution in [2.24, 2.45) is 0 Å². The second-order valence-electron chi connectivity index (χ2n) is 4.47. The summed E-state index contributed by atoms with van der Waals surface area (Å²) in [4.78, 5) is 37.0. The minimum absolute atomic E-state index is 0.00808. The molecule has 0 unspecified atom stereocenters. The van der Waals surface area contributed by atoms with Gasteiger partial charge in [0.25, 0.3) is 0 Å². The van der Waals surface area contributed by atoms with Crippen LogP contribution in [0.25, 0.3) is 0 Å². The zero-order chi connectivity index (χ0) is 14.0. The second-order valence-corrected chi connectivity index (χ2v) is 4.47. The van der Waals surface area contributed by atoms with E-state index >= 15 is 0 Å². The lowest BCUT2D eigenvalue weighted by Gasteiger charge is -2.31. The molecule has 1 aliphatic rings. The molecular formula is C13H14N2O4. The number of piperazine rings is 1. The quantitative estimate of drug-likeness (QED) is 0.839. The average Bonchev–Trinajstić information content (AvgIpc) is 2.33. The van der Waals surface area contributed by atoms with Gasteiger partial charge in [0.2, 0.25) is 11.8 Å². The van der Waals surface area contributed by atoms with E-state index in [1.54, 1.807) is 31.3 Å². The topological polar surface area (TPSA) is 77.9 Å². The van der Waals surface area contributed by atoms with Crippen molar-refractivity contribution in [2.45, 2.75) is 6.42 Å². The molecule has 1 aromatic carbocycles. The van der Waals surface area contributed by atoms with E-state index in [9.17, 15) is 14.4 Å². The number of hydrogen-bond donors (Lipinski definition) is 1. The molecule has 6 heteroatoms. The van der Waals surface area contributed by atoms with Crippen LogP contribution in [0, 0.1) is 0 Å². The fourth-order valence-electron chi connectivity index (χ4n) is 1.96. The molecule has 0 atom stereocenters. The van der Waals surface area contributed by atoms with E-state index in [2.05, 4.69) is 0 Å². The van der Waals surface area contributed by atoms with Crippen molar-refractivity contribution in [1.29, 1.82) is 0 Å². The standard InChI is InChI=1S/C13H14N2O4/c1-14-7-12(17)15(8-11(14)16)10-4-2-3-9(5-10)6-13(18)19/h2-5H,6-8H2,1H3,(H,18,19). The van der Waals surface area contributed by atoms with Gasteiger partial charge in [-0.15, -0.1) is 0 Å². The van der Waals surface area contributed by atoms with Gasteiger partial charge in [-0.2, -0.15) is 0 Å². The Morgan fingerprint density at radius 3 is 2.68 bits per heavy atom. The second kappa shape index (κ2) is 5.09. The molecule has 0 bridgehead atoms. The number of aliphatic carboxylic acids is 1. The molecule has 1 saturated heterocycles. The lowest BCUT2D eigenvalue weighted by molar-refractivity contribution is -0.137. The summed E-state index contributed by atoms with van der Waals surface area (Å²) in [5, 5.41) is 8.76. The van der Waals surface area contributed by atoms with Crippen molar-refractivity contribution in [3.8, 4) is 0 Å². The van der Waals surface area contributed by atoms with E-state index in [1.807, 2.05) is 0 Å². The summed E-state index contributed by atoms with van der Waals surface area (Å²) in [7, 11) is 1.58.